The van der Waals surface area contributed by atoms with Gasteiger partial charge in [-0.1, -0.05) is 15.9 Å². The lowest BCUT2D eigenvalue weighted by molar-refractivity contribution is -0.190. The Kier molecular flexibility index (Phi) is 2.64. The van der Waals surface area contributed by atoms with Crippen LogP contribution in [0.2, 0.25) is 0 Å². The molecule has 3 atom stereocenters. The lowest BCUT2D eigenvalue weighted by atomic mass is 9.68. The number of carbonyl (C=O) groups is 1. The summed E-state index contributed by atoms with van der Waals surface area (Å²) in [5, 5.41) is 0. The van der Waals surface area contributed by atoms with Crippen LogP contribution in [-0.2, 0) is 14.3 Å². The number of ketones is 1. The van der Waals surface area contributed by atoms with Crippen LogP contribution in [0.4, 0.5) is 0 Å². The Morgan fingerprint density at radius 1 is 1.12 bits per heavy atom. The van der Waals surface area contributed by atoms with Gasteiger partial charge in [-0.25, -0.2) is 0 Å². The van der Waals surface area contributed by atoms with Gasteiger partial charge in [0, 0.05) is 13.2 Å². The molecule has 0 amide bonds. The van der Waals surface area contributed by atoms with E-state index in [2.05, 4.69) is 15.9 Å². The Hall–Kier alpha value is 0.0700. The van der Waals surface area contributed by atoms with Gasteiger partial charge in [0.2, 0.25) is 0 Å². The fraction of sp³-hybridized carbons (Fsp3) is 0.917. The van der Waals surface area contributed by atoms with Crippen molar-refractivity contribution in [1.82, 2.24) is 0 Å². The second-order valence-electron chi connectivity index (χ2n) is 5.10. The number of alkyl halides is 1. The molecule has 1 aliphatic carbocycles. The van der Waals surface area contributed by atoms with Crippen LogP contribution in [0.25, 0.3) is 0 Å². The zero-order valence-electron chi connectivity index (χ0n) is 9.34. The Morgan fingerprint density at radius 2 is 1.88 bits per heavy atom. The predicted octanol–water partition coefficient (Wildman–Crippen LogP) is 2.21. The van der Waals surface area contributed by atoms with Gasteiger partial charge in [0.1, 0.15) is 5.60 Å². The van der Waals surface area contributed by atoms with Gasteiger partial charge in [-0.3, -0.25) is 4.79 Å². The third kappa shape index (κ3) is 1.30. The summed E-state index contributed by atoms with van der Waals surface area (Å²) in [5.41, 5.74) is -0.930. The molecule has 2 aliphatic heterocycles. The number of hydrogen-bond acceptors (Lipinski definition) is 3. The largest absolute Gasteiger partial charge is 0.371 e. The van der Waals surface area contributed by atoms with Gasteiger partial charge >= 0.3 is 0 Å². The van der Waals surface area contributed by atoms with Crippen molar-refractivity contribution in [3.63, 3.8) is 0 Å². The summed E-state index contributed by atoms with van der Waals surface area (Å²) in [6.07, 6.45) is 5.70. The lowest BCUT2D eigenvalue weighted by Crippen LogP contribution is -2.63. The quantitative estimate of drug-likeness (QED) is 0.641. The van der Waals surface area contributed by atoms with E-state index in [-0.39, 0.29) is 16.2 Å². The van der Waals surface area contributed by atoms with Gasteiger partial charge in [0.25, 0.3) is 0 Å². The minimum Gasteiger partial charge on any atom is -0.371 e. The van der Waals surface area contributed by atoms with Crippen LogP contribution in [0.15, 0.2) is 0 Å². The van der Waals surface area contributed by atoms with Gasteiger partial charge in [0.15, 0.2) is 11.4 Å². The fourth-order valence-corrected chi connectivity index (χ4v) is 4.18. The average molecular weight is 289 g/mol. The maximum Gasteiger partial charge on any atom is 0.181 e. The molecule has 0 aromatic carbocycles. The molecule has 0 bridgehead atoms. The Balaban J connectivity index is 2.01. The maximum absolute atomic E-state index is 12.5. The van der Waals surface area contributed by atoms with E-state index in [0.29, 0.717) is 6.61 Å². The van der Waals surface area contributed by atoms with Crippen LogP contribution in [0.5, 0.6) is 0 Å². The van der Waals surface area contributed by atoms with E-state index in [9.17, 15) is 4.79 Å². The zero-order chi connectivity index (χ0) is 11.2. The molecule has 0 radical (unpaired) electrons. The first kappa shape index (κ1) is 11.2. The van der Waals surface area contributed by atoms with Crippen LogP contribution >= 0.6 is 15.9 Å². The second-order valence-corrected chi connectivity index (χ2v) is 6.20. The van der Waals surface area contributed by atoms with Crippen molar-refractivity contribution in [2.45, 2.75) is 54.6 Å². The summed E-state index contributed by atoms with van der Waals surface area (Å²) in [6.45, 7) is 1.49. The first-order valence-corrected chi connectivity index (χ1v) is 7.08. The van der Waals surface area contributed by atoms with Crippen molar-refractivity contribution < 1.29 is 14.3 Å². The smallest absolute Gasteiger partial charge is 0.181 e. The molecule has 3 fully saturated rings. The zero-order valence-corrected chi connectivity index (χ0v) is 10.9. The summed E-state index contributed by atoms with van der Waals surface area (Å²) in [6, 6.07) is 0. The van der Waals surface area contributed by atoms with E-state index < -0.39 is 5.60 Å². The summed E-state index contributed by atoms with van der Waals surface area (Å²) >= 11 is 3.48. The molecule has 90 valence electrons. The SMILES string of the molecule is O=C1[C@@H](Br)CC[C@]2(CCCO2)[C@@]12CCCO2. The molecular formula is C12H17BrO3. The van der Waals surface area contributed by atoms with E-state index in [1.54, 1.807) is 0 Å². The second kappa shape index (κ2) is 3.79. The third-order valence-electron chi connectivity index (χ3n) is 4.35. The first-order chi connectivity index (χ1) is 7.70. The van der Waals surface area contributed by atoms with E-state index in [0.717, 1.165) is 45.1 Å². The minimum absolute atomic E-state index is 0.0413. The van der Waals surface area contributed by atoms with Gasteiger partial charge in [-0.15, -0.1) is 0 Å². The molecule has 0 N–H and O–H groups in total. The van der Waals surface area contributed by atoms with E-state index in [1.165, 1.54) is 0 Å². The highest BCUT2D eigenvalue weighted by Gasteiger charge is 2.64. The van der Waals surface area contributed by atoms with Crippen LogP contribution in [0.3, 0.4) is 0 Å². The monoisotopic (exact) mass is 288 g/mol. The normalized spacial score (nSPS) is 48.3. The molecule has 3 rings (SSSR count). The predicted molar refractivity (Wildman–Crippen MR) is 62.8 cm³/mol. The standard InChI is InChI=1S/C12H17BrO3/c13-9-3-6-11(4-1-7-15-11)12(10(9)14)5-2-8-16-12/h9H,1-8H2/t9-,11+,12+/m0/s1. The fourth-order valence-electron chi connectivity index (χ4n) is 3.58. The van der Waals surface area contributed by atoms with E-state index in [1.807, 2.05) is 0 Å². The molecule has 2 heterocycles. The molecule has 3 nitrogen and oxygen atoms in total. The van der Waals surface area contributed by atoms with Gasteiger partial charge in [-0.05, 0) is 38.5 Å². The molecule has 1 saturated carbocycles. The van der Waals surface area contributed by atoms with Crippen LogP contribution in [-0.4, -0.2) is 35.0 Å². The average Bonchev–Trinajstić information content (AvgIpc) is 2.93. The number of Topliss-reactive ketones (excluding diaryl/α,β-unsaturated/α-hetero) is 1. The van der Waals surface area contributed by atoms with Gasteiger partial charge in [0.05, 0.1) is 4.83 Å². The number of hydrogen-bond donors (Lipinski definition) is 0. The van der Waals surface area contributed by atoms with Gasteiger partial charge < -0.3 is 9.47 Å². The highest BCUT2D eigenvalue weighted by Crippen LogP contribution is 2.52. The minimum atomic E-state index is -0.629. The Morgan fingerprint density at radius 3 is 2.50 bits per heavy atom. The molecule has 4 heteroatoms. The van der Waals surface area contributed by atoms with Gasteiger partial charge in [-0.2, -0.15) is 0 Å². The van der Waals surface area contributed by atoms with E-state index in [4.69, 9.17) is 9.47 Å². The molecule has 3 aliphatic rings. The Labute approximate surface area is 104 Å². The summed E-state index contributed by atoms with van der Waals surface area (Å²) in [4.78, 5) is 12.4. The third-order valence-corrected chi connectivity index (χ3v) is 5.22. The van der Waals surface area contributed by atoms with Crippen molar-refractivity contribution in [2.75, 3.05) is 13.2 Å². The maximum atomic E-state index is 12.5. The lowest BCUT2D eigenvalue weighted by Gasteiger charge is -2.48. The molecule has 2 spiro atoms. The molecular weight excluding hydrogens is 272 g/mol. The highest BCUT2D eigenvalue weighted by atomic mass is 79.9. The summed E-state index contributed by atoms with van der Waals surface area (Å²) in [5.74, 6) is 0.221. The van der Waals surface area contributed by atoms with Crippen molar-refractivity contribution in [1.29, 1.82) is 0 Å². The molecule has 16 heavy (non-hydrogen) atoms. The van der Waals surface area contributed by atoms with Crippen molar-refractivity contribution in [3.8, 4) is 0 Å². The number of halogens is 1. The number of ether oxygens (including phenoxy) is 2. The van der Waals surface area contributed by atoms with Crippen molar-refractivity contribution >= 4 is 21.7 Å². The molecule has 0 aromatic rings. The van der Waals surface area contributed by atoms with Crippen molar-refractivity contribution in [3.05, 3.63) is 0 Å². The number of rotatable bonds is 0. The molecule has 0 aromatic heterocycles. The van der Waals surface area contributed by atoms with Crippen LogP contribution in [0, 0.1) is 0 Å². The summed E-state index contributed by atoms with van der Waals surface area (Å²) in [7, 11) is 0. The Bertz CT molecular complexity index is 303. The van der Waals surface area contributed by atoms with E-state index >= 15 is 0 Å². The first-order valence-electron chi connectivity index (χ1n) is 6.17. The molecule has 0 unspecified atom stereocenters. The topological polar surface area (TPSA) is 35.5 Å². The van der Waals surface area contributed by atoms with Crippen LogP contribution < -0.4 is 0 Å². The number of carbonyl (C=O) groups excluding carboxylic acids is 1. The highest BCUT2D eigenvalue weighted by molar-refractivity contribution is 9.10. The molecule has 2 saturated heterocycles. The van der Waals surface area contributed by atoms with Crippen LogP contribution in [0.1, 0.15) is 38.5 Å². The number of fused-ring (bicyclic) bond motifs is 1. The van der Waals surface area contributed by atoms with Crippen molar-refractivity contribution in [2.24, 2.45) is 0 Å². The summed E-state index contributed by atoms with van der Waals surface area (Å²) < 4.78 is 11.9.